The number of hydrogen-bond acceptors (Lipinski definition) is 2. The molecule has 0 amide bonds. The molecule has 2 fully saturated rings. The van der Waals surface area contributed by atoms with Gasteiger partial charge in [0.25, 0.3) is 0 Å². The Morgan fingerprint density at radius 1 is 1.32 bits per heavy atom. The highest BCUT2D eigenvalue weighted by molar-refractivity contribution is 5.47. The van der Waals surface area contributed by atoms with E-state index < -0.39 is 0 Å². The van der Waals surface area contributed by atoms with Crippen LogP contribution >= 0.6 is 0 Å². The number of benzene rings is 1. The van der Waals surface area contributed by atoms with E-state index >= 15 is 0 Å². The van der Waals surface area contributed by atoms with Crippen LogP contribution in [0.4, 0.5) is 10.1 Å². The smallest absolute Gasteiger partial charge is 0.146 e. The summed E-state index contributed by atoms with van der Waals surface area (Å²) in [6.45, 7) is 1.87. The van der Waals surface area contributed by atoms with Gasteiger partial charge in [0.1, 0.15) is 5.82 Å². The molecule has 2 aliphatic rings. The molecule has 0 saturated heterocycles. The van der Waals surface area contributed by atoms with Gasteiger partial charge in [-0.15, -0.1) is 0 Å². The first-order chi connectivity index (χ1) is 9.13. The minimum absolute atomic E-state index is 0.300. The van der Waals surface area contributed by atoms with Crippen LogP contribution < -0.4 is 5.73 Å². The summed E-state index contributed by atoms with van der Waals surface area (Å²) in [5.74, 6) is 2.48. The van der Waals surface area contributed by atoms with Crippen LogP contribution in [0.5, 0.6) is 0 Å². The largest absolute Gasteiger partial charge is 0.396 e. The van der Waals surface area contributed by atoms with Crippen LogP contribution in [0, 0.1) is 23.6 Å². The van der Waals surface area contributed by atoms with Crippen molar-refractivity contribution in [3.63, 3.8) is 0 Å². The number of anilines is 1. The van der Waals surface area contributed by atoms with Gasteiger partial charge >= 0.3 is 0 Å². The van der Waals surface area contributed by atoms with E-state index in [0.717, 1.165) is 36.4 Å². The van der Waals surface area contributed by atoms with Gasteiger partial charge < -0.3 is 10.6 Å². The van der Waals surface area contributed by atoms with Crippen molar-refractivity contribution in [3.8, 4) is 0 Å². The third kappa shape index (κ3) is 2.62. The van der Waals surface area contributed by atoms with Crippen molar-refractivity contribution in [1.29, 1.82) is 0 Å². The van der Waals surface area contributed by atoms with Crippen LogP contribution in [-0.2, 0) is 6.54 Å². The third-order valence-corrected chi connectivity index (χ3v) is 5.01. The molecule has 0 aliphatic heterocycles. The third-order valence-electron chi connectivity index (χ3n) is 5.01. The Labute approximate surface area is 114 Å². The zero-order valence-electron chi connectivity index (χ0n) is 11.6. The Bertz CT molecular complexity index is 460. The molecule has 2 aliphatic carbocycles. The molecule has 0 radical (unpaired) electrons. The van der Waals surface area contributed by atoms with Gasteiger partial charge in [-0.2, -0.15) is 0 Å². The lowest BCUT2D eigenvalue weighted by atomic mass is 9.88. The number of nitrogens with two attached hydrogens (primary N) is 1. The Balaban J connectivity index is 1.59. The molecule has 0 heterocycles. The molecule has 19 heavy (non-hydrogen) atoms. The first kappa shape index (κ1) is 12.9. The summed E-state index contributed by atoms with van der Waals surface area (Å²) in [6.07, 6.45) is 5.71. The predicted octanol–water partition coefficient (Wildman–Crippen LogP) is 3.28. The van der Waals surface area contributed by atoms with E-state index in [2.05, 4.69) is 11.9 Å². The minimum Gasteiger partial charge on any atom is -0.396 e. The first-order valence-electron chi connectivity index (χ1n) is 7.35. The quantitative estimate of drug-likeness (QED) is 0.844. The fourth-order valence-corrected chi connectivity index (χ4v) is 4.08. The number of rotatable bonds is 4. The van der Waals surface area contributed by atoms with Crippen molar-refractivity contribution in [2.24, 2.45) is 17.8 Å². The van der Waals surface area contributed by atoms with Crippen molar-refractivity contribution >= 4 is 5.69 Å². The van der Waals surface area contributed by atoms with Gasteiger partial charge in [-0.25, -0.2) is 4.39 Å². The number of nitrogen functional groups attached to an aromatic ring is 1. The van der Waals surface area contributed by atoms with E-state index in [1.54, 1.807) is 6.07 Å². The second kappa shape index (κ2) is 5.12. The average molecular weight is 262 g/mol. The Kier molecular flexibility index (Phi) is 3.48. The molecule has 0 spiro atoms. The fraction of sp³-hybridized carbons (Fsp3) is 0.625. The molecule has 3 heteroatoms. The zero-order valence-corrected chi connectivity index (χ0v) is 11.6. The molecule has 3 unspecified atom stereocenters. The molecule has 0 aromatic heterocycles. The van der Waals surface area contributed by atoms with Crippen molar-refractivity contribution in [3.05, 3.63) is 29.6 Å². The van der Waals surface area contributed by atoms with Gasteiger partial charge in [0.2, 0.25) is 0 Å². The number of para-hydroxylation sites is 1. The standard InChI is InChI=1S/C16H23FN2/c1-19(9-13-3-2-4-15(17)16(13)18)10-14-8-11-5-6-12(14)7-11/h2-4,11-12,14H,5-10,18H2,1H3. The van der Waals surface area contributed by atoms with Crippen LogP contribution in [0.2, 0.25) is 0 Å². The van der Waals surface area contributed by atoms with Crippen LogP contribution in [0.15, 0.2) is 18.2 Å². The number of fused-ring (bicyclic) bond motifs is 2. The Hall–Kier alpha value is -1.09. The zero-order chi connectivity index (χ0) is 13.4. The maximum Gasteiger partial charge on any atom is 0.146 e. The van der Waals surface area contributed by atoms with Gasteiger partial charge in [-0.05, 0) is 55.7 Å². The molecule has 3 rings (SSSR count). The maximum atomic E-state index is 13.4. The summed E-state index contributed by atoms with van der Waals surface area (Å²) in [5.41, 5.74) is 7.01. The van der Waals surface area contributed by atoms with Crippen LogP contribution in [-0.4, -0.2) is 18.5 Å². The van der Waals surface area contributed by atoms with Gasteiger partial charge in [0, 0.05) is 13.1 Å². The number of nitrogens with zero attached hydrogens (tertiary/aromatic N) is 1. The second-order valence-electron chi connectivity index (χ2n) is 6.44. The normalized spacial score (nSPS) is 29.3. The molecular weight excluding hydrogens is 239 g/mol. The van der Waals surface area contributed by atoms with Crippen molar-refractivity contribution in [2.45, 2.75) is 32.2 Å². The minimum atomic E-state index is -0.300. The molecule has 1 aromatic carbocycles. The Morgan fingerprint density at radius 2 is 2.16 bits per heavy atom. The summed E-state index contributed by atoms with van der Waals surface area (Å²) in [4.78, 5) is 2.30. The van der Waals surface area contributed by atoms with Crippen molar-refractivity contribution in [2.75, 3.05) is 19.3 Å². The molecule has 2 N–H and O–H groups in total. The van der Waals surface area contributed by atoms with E-state index in [9.17, 15) is 4.39 Å². The molecule has 2 saturated carbocycles. The van der Waals surface area contributed by atoms with Crippen LogP contribution in [0.1, 0.15) is 31.2 Å². The topological polar surface area (TPSA) is 29.3 Å². The molecule has 1 aromatic rings. The van der Waals surface area contributed by atoms with E-state index in [0.29, 0.717) is 5.69 Å². The fourth-order valence-electron chi connectivity index (χ4n) is 4.08. The van der Waals surface area contributed by atoms with E-state index in [1.807, 2.05) is 6.07 Å². The molecule has 104 valence electrons. The molecule has 2 nitrogen and oxygen atoms in total. The van der Waals surface area contributed by atoms with E-state index in [4.69, 9.17) is 5.73 Å². The van der Waals surface area contributed by atoms with Crippen LogP contribution in [0.25, 0.3) is 0 Å². The highest BCUT2D eigenvalue weighted by Gasteiger charge is 2.39. The average Bonchev–Trinajstić information content (AvgIpc) is 2.97. The molecule has 2 bridgehead atoms. The number of hydrogen-bond donors (Lipinski definition) is 1. The van der Waals surface area contributed by atoms with Gasteiger partial charge in [0.15, 0.2) is 0 Å². The summed E-state index contributed by atoms with van der Waals surface area (Å²) in [6, 6.07) is 5.09. The second-order valence-corrected chi connectivity index (χ2v) is 6.44. The lowest BCUT2D eigenvalue weighted by Crippen LogP contribution is -2.28. The van der Waals surface area contributed by atoms with Crippen LogP contribution in [0.3, 0.4) is 0 Å². The molecular formula is C16H23FN2. The first-order valence-corrected chi connectivity index (χ1v) is 7.35. The lowest BCUT2D eigenvalue weighted by molar-refractivity contribution is 0.214. The lowest BCUT2D eigenvalue weighted by Gasteiger charge is -2.27. The van der Waals surface area contributed by atoms with Crippen molar-refractivity contribution < 1.29 is 4.39 Å². The van der Waals surface area contributed by atoms with Gasteiger partial charge in [-0.3, -0.25) is 0 Å². The maximum absolute atomic E-state index is 13.4. The number of halogens is 1. The van der Waals surface area contributed by atoms with Gasteiger partial charge in [0.05, 0.1) is 5.69 Å². The monoisotopic (exact) mass is 262 g/mol. The highest BCUT2D eigenvalue weighted by Crippen LogP contribution is 2.48. The molecule has 3 atom stereocenters. The van der Waals surface area contributed by atoms with Gasteiger partial charge in [-0.1, -0.05) is 18.6 Å². The predicted molar refractivity (Wildman–Crippen MR) is 76.1 cm³/mol. The summed E-state index contributed by atoms with van der Waals surface area (Å²) in [5, 5.41) is 0. The summed E-state index contributed by atoms with van der Waals surface area (Å²) < 4.78 is 13.4. The highest BCUT2D eigenvalue weighted by atomic mass is 19.1. The Morgan fingerprint density at radius 3 is 2.84 bits per heavy atom. The van der Waals surface area contributed by atoms with Crippen molar-refractivity contribution in [1.82, 2.24) is 4.90 Å². The van der Waals surface area contributed by atoms with E-state index in [1.165, 1.54) is 31.7 Å². The SMILES string of the molecule is CN(Cc1cccc(F)c1N)CC1CC2CCC1C2. The van der Waals surface area contributed by atoms with E-state index in [-0.39, 0.29) is 5.82 Å². The summed E-state index contributed by atoms with van der Waals surface area (Å²) in [7, 11) is 2.12. The summed E-state index contributed by atoms with van der Waals surface area (Å²) >= 11 is 0.